The normalized spacial score (nSPS) is 25.4. The van der Waals surface area contributed by atoms with Gasteiger partial charge in [-0.05, 0) is 37.5 Å². The van der Waals surface area contributed by atoms with Crippen LogP contribution in [0.2, 0.25) is 0 Å². The summed E-state index contributed by atoms with van der Waals surface area (Å²) in [6.45, 7) is 8.86. The maximum Gasteiger partial charge on any atom is 0.240 e. The molecule has 0 aliphatic carbocycles. The highest BCUT2D eigenvalue weighted by Crippen LogP contribution is 2.23. The number of hydrogen-bond acceptors (Lipinski definition) is 4. The topological polar surface area (TPSA) is 62.4 Å². The molecule has 4 atom stereocenters. The van der Waals surface area contributed by atoms with Crippen molar-refractivity contribution in [3.05, 3.63) is 29.8 Å². The van der Waals surface area contributed by atoms with Gasteiger partial charge >= 0.3 is 0 Å². The number of halogens is 1. The zero-order valence-electron chi connectivity index (χ0n) is 14.1. The molecular formula is C17H26BrN3O2. The summed E-state index contributed by atoms with van der Waals surface area (Å²) < 4.78 is 5.44. The zero-order valence-corrected chi connectivity index (χ0v) is 15.7. The molecule has 6 heteroatoms. The summed E-state index contributed by atoms with van der Waals surface area (Å²) in [5, 5.41) is 3.07. The first kappa shape index (κ1) is 18.2. The molecule has 1 saturated heterocycles. The van der Waals surface area contributed by atoms with E-state index in [4.69, 9.17) is 4.74 Å². The Morgan fingerprint density at radius 2 is 1.91 bits per heavy atom. The highest BCUT2D eigenvalue weighted by Gasteiger charge is 2.39. The molecule has 3 N–H and O–H groups in total. The average Bonchev–Trinajstić information content (AvgIpc) is 2.90. The van der Waals surface area contributed by atoms with Crippen molar-refractivity contribution < 1.29 is 9.53 Å². The fourth-order valence-corrected chi connectivity index (χ4v) is 3.82. The summed E-state index contributed by atoms with van der Waals surface area (Å²) in [6.07, 6.45) is 0. The molecule has 0 bridgehead atoms. The van der Waals surface area contributed by atoms with E-state index in [2.05, 4.69) is 45.9 Å². The number of hydrogen-bond donors (Lipinski definition) is 3. The smallest absolute Gasteiger partial charge is 0.240 e. The molecule has 128 valence electrons. The zero-order chi connectivity index (χ0) is 17.0. The number of carbonyl (C=O) groups excluding carboxylic acids is 1. The number of ether oxygens (including phenoxy) is 1. The molecule has 1 amide bonds. The van der Waals surface area contributed by atoms with Gasteiger partial charge in [-0.1, -0.05) is 41.9 Å². The van der Waals surface area contributed by atoms with Crippen LogP contribution in [0.4, 0.5) is 0 Å². The number of amides is 1. The van der Waals surface area contributed by atoms with Crippen LogP contribution in [0, 0.1) is 5.92 Å². The molecular weight excluding hydrogens is 358 g/mol. The molecule has 0 spiro atoms. The lowest BCUT2D eigenvalue weighted by Crippen LogP contribution is -2.46. The van der Waals surface area contributed by atoms with Crippen LogP contribution < -0.4 is 20.9 Å². The maximum absolute atomic E-state index is 12.5. The minimum absolute atomic E-state index is 0.0103. The Morgan fingerprint density at radius 3 is 2.43 bits per heavy atom. The first-order valence-electron chi connectivity index (χ1n) is 8.12. The second-order valence-electron chi connectivity index (χ2n) is 6.21. The van der Waals surface area contributed by atoms with Crippen LogP contribution in [0.15, 0.2) is 24.3 Å². The van der Waals surface area contributed by atoms with Crippen LogP contribution in [-0.2, 0) is 4.79 Å². The summed E-state index contributed by atoms with van der Waals surface area (Å²) in [5.74, 6) is 1.27. The van der Waals surface area contributed by atoms with E-state index in [1.54, 1.807) is 0 Å². The molecule has 1 heterocycles. The lowest BCUT2D eigenvalue weighted by Gasteiger charge is -2.21. The molecule has 5 nitrogen and oxygen atoms in total. The minimum atomic E-state index is -0.285. The van der Waals surface area contributed by atoms with Crippen molar-refractivity contribution in [3.8, 4) is 5.75 Å². The van der Waals surface area contributed by atoms with Crippen molar-refractivity contribution in [1.82, 2.24) is 16.2 Å². The van der Waals surface area contributed by atoms with Crippen molar-refractivity contribution in [3.63, 3.8) is 0 Å². The number of carbonyl (C=O) groups is 1. The molecule has 1 aliphatic heterocycles. The van der Waals surface area contributed by atoms with Gasteiger partial charge in [-0.15, -0.1) is 0 Å². The number of benzene rings is 1. The van der Waals surface area contributed by atoms with Gasteiger partial charge in [0.2, 0.25) is 5.91 Å². The van der Waals surface area contributed by atoms with Gasteiger partial charge < -0.3 is 10.1 Å². The summed E-state index contributed by atoms with van der Waals surface area (Å²) >= 11 is 3.64. The summed E-state index contributed by atoms with van der Waals surface area (Å²) in [4.78, 5) is 12.6. The Labute approximate surface area is 146 Å². The van der Waals surface area contributed by atoms with E-state index in [1.165, 1.54) is 0 Å². The van der Waals surface area contributed by atoms with Gasteiger partial charge in [0.15, 0.2) is 0 Å². The predicted octanol–water partition coefficient (Wildman–Crippen LogP) is 2.53. The Bertz CT molecular complexity index is 521. The van der Waals surface area contributed by atoms with Crippen LogP contribution in [0.1, 0.15) is 39.3 Å². The Hall–Kier alpha value is -1.11. The Kier molecular flexibility index (Phi) is 6.44. The first-order chi connectivity index (χ1) is 10.9. The molecule has 2 rings (SSSR count). The molecule has 0 saturated carbocycles. The number of rotatable bonds is 6. The van der Waals surface area contributed by atoms with E-state index >= 15 is 0 Å². The van der Waals surface area contributed by atoms with E-state index in [1.807, 2.05) is 38.1 Å². The van der Waals surface area contributed by atoms with Crippen molar-refractivity contribution in [2.24, 2.45) is 5.92 Å². The Morgan fingerprint density at radius 1 is 1.26 bits per heavy atom. The molecule has 1 aromatic rings. The van der Waals surface area contributed by atoms with E-state index in [9.17, 15) is 4.79 Å². The lowest BCUT2D eigenvalue weighted by molar-refractivity contribution is -0.123. The average molecular weight is 384 g/mol. The van der Waals surface area contributed by atoms with Crippen LogP contribution >= 0.6 is 15.9 Å². The molecule has 1 fully saturated rings. The lowest BCUT2D eigenvalue weighted by atomic mass is 9.99. The van der Waals surface area contributed by atoms with E-state index < -0.39 is 0 Å². The number of hydrazine groups is 1. The van der Waals surface area contributed by atoms with Gasteiger partial charge in [0.05, 0.1) is 17.5 Å². The first-order valence-corrected chi connectivity index (χ1v) is 9.03. The largest absolute Gasteiger partial charge is 0.494 e. The third-order valence-electron chi connectivity index (χ3n) is 4.12. The van der Waals surface area contributed by atoms with Gasteiger partial charge in [0.1, 0.15) is 11.8 Å². The van der Waals surface area contributed by atoms with Crippen molar-refractivity contribution in [2.45, 2.75) is 50.6 Å². The molecule has 0 aromatic heterocycles. The fraction of sp³-hybridized carbons (Fsp3) is 0.588. The fourth-order valence-electron chi connectivity index (χ4n) is 2.70. The Balaban J connectivity index is 1.94. The van der Waals surface area contributed by atoms with Crippen LogP contribution in [0.25, 0.3) is 0 Å². The van der Waals surface area contributed by atoms with Crippen molar-refractivity contribution in [2.75, 3.05) is 6.61 Å². The third kappa shape index (κ3) is 4.46. The summed E-state index contributed by atoms with van der Waals surface area (Å²) in [6, 6.07) is 7.71. The molecule has 1 aromatic carbocycles. The van der Waals surface area contributed by atoms with Gasteiger partial charge in [0, 0.05) is 6.04 Å². The minimum Gasteiger partial charge on any atom is -0.494 e. The van der Waals surface area contributed by atoms with Crippen molar-refractivity contribution in [1.29, 1.82) is 0 Å². The van der Waals surface area contributed by atoms with E-state index in [0.29, 0.717) is 12.5 Å². The quantitative estimate of drug-likeness (QED) is 0.660. The predicted molar refractivity (Wildman–Crippen MR) is 95.6 cm³/mol. The van der Waals surface area contributed by atoms with Gasteiger partial charge in [0.25, 0.3) is 0 Å². The number of nitrogens with one attached hydrogen (secondary N) is 3. The third-order valence-corrected chi connectivity index (χ3v) is 5.22. The summed E-state index contributed by atoms with van der Waals surface area (Å²) in [7, 11) is 0. The van der Waals surface area contributed by atoms with Gasteiger partial charge in [-0.2, -0.15) is 0 Å². The highest BCUT2D eigenvalue weighted by atomic mass is 79.9. The number of alkyl halides is 1. The molecule has 0 radical (unpaired) electrons. The van der Waals surface area contributed by atoms with Crippen molar-refractivity contribution >= 4 is 21.8 Å². The SMILES string of the molecule is CCOc1ccc(C(C)NC(=O)C2NNC(C(C)C)C2Br)cc1. The summed E-state index contributed by atoms with van der Waals surface area (Å²) in [5.41, 5.74) is 7.34. The van der Waals surface area contributed by atoms with Gasteiger partial charge in [-0.3, -0.25) is 10.2 Å². The highest BCUT2D eigenvalue weighted by molar-refractivity contribution is 9.09. The van der Waals surface area contributed by atoms with Crippen LogP contribution in [0.5, 0.6) is 5.75 Å². The standard InChI is InChI=1S/C17H26BrN3O2/c1-5-23-13-8-6-12(7-9-13)11(4)19-17(22)16-14(18)15(10(2)3)20-21-16/h6-11,14-16,20-21H,5H2,1-4H3,(H,19,22). The molecule has 23 heavy (non-hydrogen) atoms. The molecule has 1 aliphatic rings. The second kappa shape index (κ2) is 8.13. The van der Waals surface area contributed by atoms with Gasteiger partial charge in [-0.25, -0.2) is 5.43 Å². The monoisotopic (exact) mass is 383 g/mol. The second-order valence-corrected chi connectivity index (χ2v) is 7.27. The molecule has 4 unspecified atom stereocenters. The van der Waals surface area contributed by atoms with Crippen LogP contribution in [0.3, 0.4) is 0 Å². The van der Waals surface area contributed by atoms with E-state index in [0.717, 1.165) is 11.3 Å². The van der Waals surface area contributed by atoms with Crippen LogP contribution in [-0.4, -0.2) is 29.4 Å². The van der Waals surface area contributed by atoms with E-state index in [-0.39, 0.29) is 28.9 Å². The maximum atomic E-state index is 12.5.